The van der Waals surface area contributed by atoms with Crippen molar-refractivity contribution in [2.45, 2.75) is 0 Å². The van der Waals surface area contributed by atoms with Gasteiger partial charge in [0.15, 0.2) is 5.69 Å². The van der Waals surface area contributed by atoms with Gasteiger partial charge in [0.05, 0.1) is 0 Å². The first-order valence-electron chi connectivity index (χ1n) is 5.48. The lowest BCUT2D eigenvalue weighted by atomic mass is 10.2. The van der Waals surface area contributed by atoms with E-state index in [-0.39, 0.29) is 17.3 Å². The smallest absolute Gasteiger partial charge is 0.280 e. The van der Waals surface area contributed by atoms with E-state index in [2.05, 4.69) is 31.1 Å². The van der Waals surface area contributed by atoms with Gasteiger partial charge in [-0.3, -0.25) is 0 Å². The number of benzene rings is 1. The van der Waals surface area contributed by atoms with E-state index in [1.165, 1.54) is 6.07 Å². The lowest BCUT2D eigenvalue weighted by Crippen LogP contribution is -1.84. The molecule has 6 heteroatoms. The van der Waals surface area contributed by atoms with E-state index in [1.54, 1.807) is 12.3 Å². The van der Waals surface area contributed by atoms with Gasteiger partial charge in [-0.1, -0.05) is 21.1 Å². The normalized spacial score (nSPS) is 10.6. The topological polar surface area (TPSA) is 72.0 Å². The van der Waals surface area contributed by atoms with E-state index in [0.717, 1.165) is 10.0 Å². The standard InChI is InChI=1S/C13H8BrN3O2/c14-9-5-3-8(4-6-9)12-16-13(19-17-12)11-10(18)2-1-7-15-11/h1-7,18H. The Morgan fingerprint density at radius 1 is 1.11 bits per heavy atom. The van der Waals surface area contributed by atoms with Gasteiger partial charge in [-0.2, -0.15) is 4.98 Å². The zero-order valence-electron chi connectivity index (χ0n) is 9.62. The molecule has 5 nitrogen and oxygen atoms in total. The summed E-state index contributed by atoms with van der Waals surface area (Å²) >= 11 is 3.36. The Morgan fingerprint density at radius 2 is 1.89 bits per heavy atom. The number of pyridine rings is 1. The zero-order valence-corrected chi connectivity index (χ0v) is 11.2. The Labute approximate surface area is 117 Å². The highest BCUT2D eigenvalue weighted by molar-refractivity contribution is 9.10. The van der Waals surface area contributed by atoms with Crippen molar-refractivity contribution in [2.24, 2.45) is 0 Å². The first kappa shape index (κ1) is 11.9. The first-order chi connectivity index (χ1) is 9.24. The molecule has 0 aliphatic heterocycles. The van der Waals surface area contributed by atoms with Crippen LogP contribution in [-0.2, 0) is 0 Å². The molecule has 0 saturated heterocycles. The molecule has 0 aliphatic rings. The molecular formula is C13H8BrN3O2. The Balaban J connectivity index is 2.00. The number of aromatic nitrogens is 3. The Kier molecular flexibility index (Phi) is 3.00. The first-order valence-corrected chi connectivity index (χ1v) is 6.27. The summed E-state index contributed by atoms with van der Waals surface area (Å²) in [6.07, 6.45) is 1.55. The maximum Gasteiger partial charge on any atom is 0.280 e. The number of nitrogens with zero attached hydrogens (tertiary/aromatic N) is 3. The lowest BCUT2D eigenvalue weighted by molar-refractivity contribution is 0.423. The molecule has 0 fully saturated rings. The molecule has 0 amide bonds. The van der Waals surface area contributed by atoms with Crippen LogP contribution in [0.3, 0.4) is 0 Å². The predicted octanol–water partition coefficient (Wildman–Crippen LogP) is 3.27. The van der Waals surface area contributed by atoms with Gasteiger partial charge < -0.3 is 9.63 Å². The van der Waals surface area contributed by atoms with Crippen LogP contribution in [0.15, 0.2) is 51.6 Å². The van der Waals surface area contributed by atoms with Gasteiger partial charge in [0.1, 0.15) is 5.75 Å². The maximum absolute atomic E-state index is 9.68. The van der Waals surface area contributed by atoms with E-state index in [1.807, 2.05) is 24.3 Å². The molecule has 2 heterocycles. The van der Waals surface area contributed by atoms with Crippen LogP contribution >= 0.6 is 15.9 Å². The highest BCUT2D eigenvalue weighted by Gasteiger charge is 2.14. The molecule has 0 bridgehead atoms. The van der Waals surface area contributed by atoms with Gasteiger partial charge >= 0.3 is 0 Å². The van der Waals surface area contributed by atoms with Crippen molar-refractivity contribution in [2.75, 3.05) is 0 Å². The summed E-state index contributed by atoms with van der Waals surface area (Å²) < 4.78 is 6.10. The second-order valence-corrected chi connectivity index (χ2v) is 4.72. The summed E-state index contributed by atoms with van der Waals surface area (Å²) in [5, 5.41) is 13.6. The van der Waals surface area contributed by atoms with E-state index in [0.29, 0.717) is 5.82 Å². The average Bonchev–Trinajstić information content (AvgIpc) is 2.89. The molecule has 1 N–H and O–H groups in total. The molecule has 1 aromatic carbocycles. The number of hydrogen-bond donors (Lipinski definition) is 1. The monoisotopic (exact) mass is 317 g/mol. The minimum atomic E-state index is 0.00788. The third-order valence-corrected chi connectivity index (χ3v) is 3.05. The lowest BCUT2D eigenvalue weighted by Gasteiger charge is -1.95. The fourth-order valence-corrected chi connectivity index (χ4v) is 1.86. The third-order valence-electron chi connectivity index (χ3n) is 2.52. The fraction of sp³-hybridized carbons (Fsp3) is 0. The van der Waals surface area contributed by atoms with Gasteiger partial charge in [0, 0.05) is 16.2 Å². The summed E-state index contributed by atoms with van der Waals surface area (Å²) in [6.45, 7) is 0. The summed E-state index contributed by atoms with van der Waals surface area (Å²) in [5.41, 5.74) is 1.10. The van der Waals surface area contributed by atoms with Gasteiger partial charge in [-0.05, 0) is 36.4 Å². The summed E-state index contributed by atoms with van der Waals surface area (Å²) in [6, 6.07) is 10.7. The SMILES string of the molecule is Oc1cccnc1-c1nc(-c2ccc(Br)cc2)no1. The highest BCUT2D eigenvalue weighted by Crippen LogP contribution is 2.27. The summed E-state index contributed by atoms with van der Waals surface area (Å²) in [5.74, 6) is 0.650. The third kappa shape index (κ3) is 2.34. The van der Waals surface area contributed by atoms with Crippen molar-refractivity contribution < 1.29 is 9.63 Å². The molecule has 19 heavy (non-hydrogen) atoms. The Morgan fingerprint density at radius 3 is 2.63 bits per heavy atom. The van der Waals surface area contributed by atoms with Crippen molar-refractivity contribution in [1.82, 2.24) is 15.1 Å². The van der Waals surface area contributed by atoms with Crippen molar-refractivity contribution in [3.63, 3.8) is 0 Å². The fourth-order valence-electron chi connectivity index (χ4n) is 1.60. The van der Waals surface area contributed by atoms with Crippen molar-refractivity contribution >= 4 is 15.9 Å². The van der Waals surface area contributed by atoms with E-state index < -0.39 is 0 Å². The van der Waals surface area contributed by atoms with E-state index >= 15 is 0 Å². The average molecular weight is 318 g/mol. The summed E-state index contributed by atoms with van der Waals surface area (Å²) in [7, 11) is 0. The molecule has 0 atom stereocenters. The molecule has 2 aromatic heterocycles. The van der Waals surface area contributed by atoms with Gasteiger partial charge in [0.25, 0.3) is 5.89 Å². The highest BCUT2D eigenvalue weighted by atomic mass is 79.9. The second-order valence-electron chi connectivity index (χ2n) is 3.80. The molecule has 0 aliphatic carbocycles. The predicted molar refractivity (Wildman–Crippen MR) is 72.3 cm³/mol. The number of aromatic hydroxyl groups is 1. The maximum atomic E-state index is 9.68. The molecule has 94 valence electrons. The molecular weight excluding hydrogens is 310 g/mol. The Hall–Kier alpha value is -2.21. The van der Waals surface area contributed by atoms with Crippen LogP contribution in [0.1, 0.15) is 0 Å². The molecule has 0 spiro atoms. The van der Waals surface area contributed by atoms with E-state index in [4.69, 9.17) is 4.52 Å². The van der Waals surface area contributed by atoms with Gasteiger partial charge in [0.2, 0.25) is 5.82 Å². The van der Waals surface area contributed by atoms with Crippen molar-refractivity contribution in [3.05, 3.63) is 47.1 Å². The largest absolute Gasteiger partial charge is 0.505 e. The molecule has 0 unspecified atom stereocenters. The number of hydrogen-bond acceptors (Lipinski definition) is 5. The van der Waals surface area contributed by atoms with Crippen LogP contribution < -0.4 is 0 Å². The van der Waals surface area contributed by atoms with Gasteiger partial charge in [-0.15, -0.1) is 0 Å². The van der Waals surface area contributed by atoms with E-state index in [9.17, 15) is 5.11 Å². The minimum Gasteiger partial charge on any atom is -0.505 e. The quantitative estimate of drug-likeness (QED) is 0.785. The molecule has 3 aromatic rings. The van der Waals surface area contributed by atoms with Crippen LogP contribution in [0.2, 0.25) is 0 Å². The number of rotatable bonds is 2. The summed E-state index contributed by atoms with van der Waals surface area (Å²) in [4.78, 5) is 8.24. The molecule has 3 rings (SSSR count). The van der Waals surface area contributed by atoms with Crippen LogP contribution in [0, 0.1) is 0 Å². The van der Waals surface area contributed by atoms with Crippen LogP contribution in [-0.4, -0.2) is 20.2 Å². The van der Waals surface area contributed by atoms with Crippen molar-refractivity contribution in [1.29, 1.82) is 0 Å². The minimum absolute atomic E-state index is 0.00788. The molecule has 0 radical (unpaired) electrons. The Bertz CT molecular complexity index is 710. The van der Waals surface area contributed by atoms with Gasteiger partial charge in [-0.25, -0.2) is 4.98 Å². The zero-order chi connectivity index (χ0) is 13.2. The van der Waals surface area contributed by atoms with Crippen LogP contribution in [0.25, 0.3) is 23.0 Å². The van der Waals surface area contributed by atoms with Crippen LogP contribution in [0.5, 0.6) is 5.75 Å². The molecule has 0 saturated carbocycles. The van der Waals surface area contributed by atoms with Crippen molar-refractivity contribution in [3.8, 4) is 28.7 Å². The number of halogens is 1. The van der Waals surface area contributed by atoms with Crippen LogP contribution in [0.4, 0.5) is 0 Å². The second kappa shape index (κ2) is 4.81.